The number of fused-ring (bicyclic) bond motifs is 1. The minimum atomic E-state index is -3.81. The van der Waals surface area contributed by atoms with Gasteiger partial charge in [-0.25, -0.2) is 12.4 Å². The Hall–Kier alpha value is -2.31. The van der Waals surface area contributed by atoms with Crippen molar-refractivity contribution < 1.29 is 13.5 Å². The zero-order valence-corrected chi connectivity index (χ0v) is 11.9. The summed E-state index contributed by atoms with van der Waals surface area (Å²) in [6, 6.07) is 15.0. The molecule has 108 valence electrons. The standard InChI is InChI=1S/C15H14N2O3S/c16-15-12-8-4-5-9-13(12)17(14(15)10-18)21(19,20)11-6-2-1-3-7-11/h1-9,18H,10,16H2. The molecule has 0 radical (unpaired) electrons. The number of anilines is 1. The van der Waals surface area contributed by atoms with Crippen LogP contribution in [0.2, 0.25) is 0 Å². The zero-order chi connectivity index (χ0) is 15.0. The summed E-state index contributed by atoms with van der Waals surface area (Å²) >= 11 is 0. The second-order valence-corrected chi connectivity index (χ2v) is 6.40. The van der Waals surface area contributed by atoms with Crippen LogP contribution in [0.25, 0.3) is 10.9 Å². The van der Waals surface area contributed by atoms with E-state index in [4.69, 9.17) is 5.73 Å². The number of aliphatic hydroxyl groups excluding tert-OH is 1. The Labute approximate surface area is 122 Å². The highest BCUT2D eigenvalue weighted by Gasteiger charge is 2.25. The molecule has 1 aromatic heterocycles. The molecule has 3 aromatic rings. The fourth-order valence-corrected chi connectivity index (χ4v) is 3.99. The van der Waals surface area contributed by atoms with Gasteiger partial charge in [-0.05, 0) is 18.2 Å². The molecule has 2 aromatic carbocycles. The molecule has 0 saturated heterocycles. The molecule has 0 atom stereocenters. The first-order chi connectivity index (χ1) is 10.1. The summed E-state index contributed by atoms with van der Waals surface area (Å²) in [5.41, 5.74) is 6.91. The monoisotopic (exact) mass is 302 g/mol. The SMILES string of the molecule is Nc1c(CO)n(S(=O)(=O)c2ccccc2)c2ccccc12. The predicted octanol–water partition coefficient (Wildman–Crippen LogP) is 1.95. The number of para-hydroxylation sites is 1. The number of hydrogen-bond donors (Lipinski definition) is 2. The van der Waals surface area contributed by atoms with Gasteiger partial charge < -0.3 is 10.8 Å². The molecule has 0 aliphatic heterocycles. The van der Waals surface area contributed by atoms with Crippen molar-refractivity contribution in [3.63, 3.8) is 0 Å². The second-order valence-electron chi connectivity index (χ2n) is 4.62. The van der Waals surface area contributed by atoms with Crippen molar-refractivity contribution in [2.75, 3.05) is 5.73 Å². The van der Waals surface area contributed by atoms with Gasteiger partial charge in [0.25, 0.3) is 10.0 Å². The molecule has 6 heteroatoms. The Bertz CT molecular complexity index is 899. The molecule has 3 rings (SSSR count). The summed E-state index contributed by atoms with van der Waals surface area (Å²) < 4.78 is 26.8. The minimum absolute atomic E-state index is 0.153. The maximum atomic E-state index is 12.8. The van der Waals surface area contributed by atoms with E-state index in [1.54, 1.807) is 42.5 Å². The van der Waals surface area contributed by atoms with E-state index in [2.05, 4.69) is 0 Å². The molecule has 0 aliphatic rings. The van der Waals surface area contributed by atoms with Gasteiger partial charge >= 0.3 is 0 Å². The number of nitrogens with zero attached hydrogens (tertiary/aromatic N) is 1. The van der Waals surface area contributed by atoms with Crippen LogP contribution in [0.5, 0.6) is 0 Å². The molecule has 0 bridgehead atoms. The number of nitrogens with two attached hydrogens (primary N) is 1. The molecule has 0 unspecified atom stereocenters. The number of hydrogen-bond acceptors (Lipinski definition) is 4. The third-order valence-corrected chi connectivity index (χ3v) is 5.17. The van der Waals surface area contributed by atoms with E-state index in [1.807, 2.05) is 0 Å². The maximum absolute atomic E-state index is 12.8. The van der Waals surface area contributed by atoms with Crippen LogP contribution in [0.15, 0.2) is 59.5 Å². The molecule has 0 saturated carbocycles. The summed E-state index contributed by atoms with van der Waals surface area (Å²) in [7, 11) is -3.81. The third kappa shape index (κ3) is 2.00. The average Bonchev–Trinajstić information content (AvgIpc) is 2.81. The average molecular weight is 302 g/mol. The third-order valence-electron chi connectivity index (χ3n) is 3.40. The number of nitrogen functional groups attached to an aromatic ring is 1. The van der Waals surface area contributed by atoms with Crippen LogP contribution in [-0.2, 0) is 16.6 Å². The minimum Gasteiger partial charge on any atom is -0.397 e. The molecule has 3 N–H and O–H groups in total. The van der Waals surface area contributed by atoms with Crippen molar-refractivity contribution in [3.05, 3.63) is 60.3 Å². The van der Waals surface area contributed by atoms with E-state index in [-0.39, 0.29) is 16.3 Å². The Kier molecular flexibility index (Phi) is 3.19. The van der Waals surface area contributed by atoms with E-state index in [0.29, 0.717) is 10.9 Å². The van der Waals surface area contributed by atoms with Crippen LogP contribution in [0, 0.1) is 0 Å². The maximum Gasteiger partial charge on any atom is 0.268 e. The lowest BCUT2D eigenvalue weighted by molar-refractivity contribution is 0.277. The largest absolute Gasteiger partial charge is 0.397 e. The highest BCUT2D eigenvalue weighted by molar-refractivity contribution is 7.90. The van der Waals surface area contributed by atoms with E-state index in [0.717, 1.165) is 3.97 Å². The van der Waals surface area contributed by atoms with Crippen molar-refractivity contribution in [3.8, 4) is 0 Å². The van der Waals surface area contributed by atoms with Crippen molar-refractivity contribution in [2.45, 2.75) is 11.5 Å². The molecular formula is C15H14N2O3S. The molecule has 1 heterocycles. The van der Waals surface area contributed by atoms with Gasteiger partial charge in [0, 0.05) is 5.39 Å². The van der Waals surface area contributed by atoms with Gasteiger partial charge in [0.1, 0.15) is 0 Å². The first kappa shape index (κ1) is 13.7. The van der Waals surface area contributed by atoms with Crippen molar-refractivity contribution in [1.82, 2.24) is 3.97 Å². The fourth-order valence-electron chi connectivity index (χ4n) is 2.41. The highest BCUT2D eigenvalue weighted by atomic mass is 32.2. The zero-order valence-electron chi connectivity index (χ0n) is 11.1. The van der Waals surface area contributed by atoms with Crippen molar-refractivity contribution >= 4 is 26.6 Å². The van der Waals surface area contributed by atoms with Crippen LogP contribution in [0.1, 0.15) is 5.69 Å². The van der Waals surface area contributed by atoms with E-state index >= 15 is 0 Å². The molecule has 0 aliphatic carbocycles. The van der Waals surface area contributed by atoms with Crippen LogP contribution in [0.4, 0.5) is 5.69 Å². The topological polar surface area (TPSA) is 85.3 Å². The summed E-state index contributed by atoms with van der Waals surface area (Å²) in [6.45, 7) is -0.452. The van der Waals surface area contributed by atoms with E-state index < -0.39 is 16.6 Å². The lowest BCUT2D eigenvalue weighted by Gasteiger charge is -2.10. The summed E-state index contributed by atoms with van der Waals surface area (Å²) in [6.07, 6.45) is 0. The van der Waals surface area contributed by atoms with Crippen LogP contribution in [-0.4, -0.2) is 17.5 Å². The van der Waals surface area contributed by atoms with Crippen molar-refractivity contribution in [2.24, 2.45) is 0 Å². The van der Waals surface area contributed by atoms with Gasteiger partial charge in [0.2, 0.25) is 0 Å². The van der Waals surface area contributed by atoms with Crippen LogP contribution >= 0.6 is 0 Å². The molecule has 0 amide bonds. The fraction of sp³-hybridized carbons (Fsp3) is 0.0667. The van der Waals surface area contributed by atoms with Gasteiger partial charge in [-0.3, -0.25) is 0 Å². The molecule has 0 spiro atoms. The molecule has 21 heavy (non-hydrogen) atoms. The van der Waals surface area contributed by atoms with Gasteiger partial charge in [0.15, 0.2) is 0 Å². The molecular weight excluding hydrogens is 288 g/mol. The second kappa shape index (κ2) is 4.91. The lowest BCUT2D eigenvalue weighted by Crippen LogP contribution is -2.16. The summed E-state index contributed by atoms with van der Waals surface area (Å²) in [5, 5.41) is 10.2. The highest BCUT2D eigenvalue weighted by Crippen LogP contribution is 2.32. The van der Waals surface area contributed by atoms with E-state index in [9.17, 15) is 13.5 Å². The predicted molar refractivity (Wildman–Crippen MR) is 81.3 cm³/mol. The summed E-state index contributed by atoms with van der Waals surface area (Å²) in [5.74, 6) is 0. The quantitative estimate of drug-likeness (QED) is 0.774. The lowest BCUT2D eigenvalue weighted by atomic mass is 10.2. The first-order valence-electron chi connectivity index (χ1n) is 6.36. The Balaban J connectivity index is 2.40. The normalized spacial score (nSPS) is 11.9. The van der Waals surface area contributed by atoms with Gasteiger partial charge in [-0.1, -0.05) is 36.4 Å². The van der Waals surface area contributed by atoms with Crippen LogP contribution < -0.4 is 5.73 Å². The Morgan fingerprint density at radius 3 is 2.29 bits per heavy atom. The van der Waals surface area contributed by atoms with Crippen LogP contribution in [0.3, 0.4) is 0 Å². The first-order valence-corrected chi connectivity index (χ1v) is 7.80. The number of aromatic nitrogens is 1. The smallest absolute Gasteiger partial charge is 0.268 e. The number of rotatable bonds is 3. The van der Waals surface area contributed by atoms with E-state index in [1.165, 1.54) is 12.1 Å². The van der Waals surface area contributed by atoms with Gasteiger partial charge in [-0.15, -0.1) is 0 Å². The van der Waals surface area contributed by atoms with Gasteiger partial charge in [-0.2, -0.15) is 0 Å². The number of benzene rings is 2. The number of aliphatic hydroxyl groups is 1. The molecule has 0 fully saturated rings. The Morgan fingerprint density at radius 2 is 1.62 bits per heavy atom. The molecule has 5 nitrogen and oxygen atoms in total. The van der Waals surface area contributed by atoms with Gasteiger partial charge in [0.05, 0.1) is 28.4 Å². The van der Waals surface area contributed by atoms with Crippen molar-refractivity contribution in [1.29, 1.82) is 0 Å². The summed E-state index contributed by atoms with van der Waals surface area (Å²) in [4.78, 5) is 0.153. The Morgan fingerprint density at radius 1 is 1.00 bits per heavy atom.